The number of carbonyl (C=O) groups excluding carboxylic acids is 1. The molecule has 1 aliphatic heterocycles. The molecule has 7 heteroatoms. The fourth-order valence-electron chi connectivity index (χ4n) is 2.50. The van der Waals surface area contributed by atoms with E-state index in [1.807, 2.05) is 0 Å². The van der Waals surface area contributed by atoms with E-state index >= 15 is 0 Å². The minimum Gasteiger partial charge on any atom is -0.350 e. The van der Waals surface area contributed by atoms with Gasteiger partial charge in [-0.2, -0.15) is 0 Å². The van der Waals surface area contributed by atoms with Crippen molar-refractivity contribution in [1.29, 1.82) is 0 Å². The van der Waals surface area contributed by atoms with Gasteiger partial charge in [0.1, 0.15) is 5.69 Å². The first kappa shape index (κ1) is 13.8. The maximum absolute atomic E-state index is 13.7. The highest BCUT2D eigenvalue weighted by Crippen LogP contribution is 2.24. The molecule has 4 nitrogen and oxygen atoms in total. The lowest BCUT2D eigenvalue weighted by atomic mass is 10.2. The van der Waals surface area contributed by atoms with Gasteiger partial charge in [0, 0.05) is 29.8 Å². The second-order valence-electron chi connectivity index (χ2n) is 5.03. The smallest absolute Gasteiger partial charge is 0.270 e. The molecular weight excluding hydrogens is 300 g/mol. The van der Waals surface area contributed by atoms with Gasteiger partial charge in [0.05, 0.1) is 10.5 Å². The molecule has 106 valence electrons. The molecule has 1 unspecified atom stereocenters. The lowest BCUT2D eigenvalue weighted by Gasteiger charge is -2.14. The van der Waals surface area contributed by atoms with E-state index in [1.54, 1.807) is 11.0 Å². The molecule has 2 aromatic rings. The van der Waals surface area contributed by atoms with E-state index in [1.165, 1.54) is 6.07 Å². The second kappa shape index (κ2) is 4.99. The number of aromatic nitrogens is 1. The number of halogens is 2. The number of nitrogens with one attached hydrogen (secondary N) is 1. The molecule has 1 aromatic heterocycles. The van der Waals surface area contributed by atoms with E-state index in [0.29, 0.717) is 35.0 Å². The van der Waals surface area contributed by atoms with Crippen molar-refractivity contribution in [1.82, 2.24) is 9.88 Å². The average Bonchev–Trinajstić information content (AvgIpc) is 3.02. The predicted octanol–water partition coefficient (Wildman–Crippen LogP) is 1.63. The molecule has 0 saturated carbocycles. The summed E-state index contributed by atoms with van der Waals surface area (Å²) in [7, 11) is 2.31. The number of likely N-dealkylation sites (tertiary alicyclic amines) is 1. The molecule has 3 rings (SSSR count). The van der Waals surface area contributed by atoms with E-state index in [-0.39, 0.29) is 17.0 Å². The number of nitrogens with zero attached hydrogens (tertiary/aromatic N) is 1. The molecular formula is C13H14ClFN3OP. The Morgan fingerprint density at radius 3 is 2.95 bits per heavy atom. The summed E-state index contributed by atoms with van der Waals surface area (Å²) in [5.74, 6) is -0.608. The van der Waals surface area contributed by atoms with Crippen molar-refractivity contribution in [3.63, 3.8) is 0 Å². The van der Waals surface area contributed by atoms with Crippen molar-refractivity contribution in [3.05, 3.63) is 28.7 Å². The third-order valence-electron chi connectivity index (χ3n) is 3.59. The summed E-state index contributed by atoms with van der Waals surface area (Å²) in [6, 6.07) is 3.25. The zero-order chi connectivity index (χ0) is 14.4. The van der Waals surface area contributed by atoms with Gasteiger partial charge in [-0.1, -0.05) is 11.6 Å². The third kappa shape index (κ3) is 2.20. The second-order valence-corrected chi connectivity index (χ2v) is 6.02. The van der Waals surface area contributed by atoms with Crippen molar-refractivity contribution in [2.24, 2.45) is 5.73 Å². The van der Waals surface area contributed by atoms with E-state index in [4.69, 9.17) is 17.3 Å². The lowest BCUT2D eigenvalue weighted by molar-refractivity contribution is 0.0786. The molecule has 0 bridgehead atoms. The van der Waals surface area contributed by atoms with E-state index < -0.39 is 5.82 Å². The molecule has 1 amide bonds. The number of carbonyl (C=O) groups is 1. The molecule has 0 spiro atoms. The topological polar surface area (TPSA) is 62.1 Å². The van der Waals surface area contributed by atoms with Crippen LogP contribution >= 0.6 is 20.8 Å². The standard InChI is InChI=1S/C13H14ClFN3OP/c14-8-3-6-4-9(17-11(6)12(20)10(8)15)13(19)18-2-1-7(16)5-18/h3-4,7,17H,1-2,5,16,20H2/t7-/m1/s1. The Morgan fingerprint density at radius 2 is 2.30 bits per heavy atom. The molecule has 1 aromatic carbocycles. The molecule has 1 fully saturated rings. The number of aromatic amines is 1. The summed E-state index contributed by atoms with van der Waals surface area (Å²) < 4.78 is 13.7. The SMILES string of the molecule is N[C@@H]1CCN(C(=O)c2cc3cc(Cl)c(F)c(P)c3[nH]2)C1. The summed E-state index contributed by atoms with van der Waals surface area (Å²) in [6.45, 7) is 1.20. The van der Waals surface area contributed by atoms with Crippen LogP contribution in [0.5, 0.6) is 0 Å². The normalized spacial score (nSPS) is 19.0. The van der Waals surface area contributed by atoms with Gasteiger partial charge in [0.2, 0.25) is 0 Å². The van der Waals surface area contributed by atoms with Crippen LogP contribution in [0, 0.1) is 5.82 Å². The maximum atomic E-state index is 13.7. The first-order chi connectivity index (χ1) is 9.47. The van der Waals surface area contributed by atoms with Gasteiger partial charge in [-0.3, -0.25) is 4.79 Å². The lowest BCUT2D eigenvalue weighted by Crippen LogP contribution is -2.32. The molecule has 0 radical (unpaired) electrons. The Bertz CT molecular complexity index is 702. The minimum absolute atomic E-state index is 0.0347. The molecule has 2 heterocycles. The van der Waals surface area contributed by atoms with Crippen LogP contribution in [0.25, 0.3) is 10.9 Å². The highest BCUT2D eigenvalue weighted by Gasteiger charge is 2.26. The first-order valence-electron chi connectivity index (χ1n) is 6.28. The Morgan fingerprint density at radius 1 is 1.55 bits per heavy atom. The summed E-state index contributed by atoms with van der Waals surface area (Å²) in [5, 5.41) is 1.10. The van der Waals surface area contributed by atoms with Crippen molar-refractivity contribution in [3.8, 4) is 0 Å². The maximum Gasteiger partial charge on any atom is 0.270 e. The number of H-pyrrole nitrogens is 1. The van der Waals surface area contributed by atoms with E-state index in [2.05, 4.69) is 14.2 Å². The van der Waals surface area contributed by atoms with E-state index in [9.17, 15) is 9.18 Å². The number of hydrogen-bond acceptors (Lipinski definition) is 2. The highest BCUT2D eigenvalue weighted by atomic mass is 35.5. The van der Waals surface area contributed by atoms with Gasteiger partial charge in [0.15, 0.2) is 5.82 Å². The van der Waals surface area contributed by atoms with Gasteiger partial charge < -0.3 is 15.6 Å². The fraction of sp³-hybridized carbons (Fsp3) is 0.308. The molecule has 1 aliphatic rings. The average molecular weight is 314 g/mol. The van der Waals surface area contributed by atoms with Gasteiger partial charge >= 0.3 is 0 Å². The van der Waals surface area contributed by atoms with Crippen molar-refractivity contribution < 1.29 is 9.18 Å². The molecule has 0 aliphatic carbocycles. The highest BCUT2D eigenvalue weighted by molar-refractivity contribution is 7.28. The molecule has 3 N–H and O–H groups in total. The third-order valence-corrected chi connectivity index (χ3v) is 4.41. The summed E-state index contributed by atoms with van der Waals surface area (Å²) in [6.07, 6.45) is 0.807. The number of benzene rings is 1. The Labute approximate surface area is 122 Å². The van der Waals surface area contributed by atoms with Crippen LogP contribution in [0.4, 0.5) is 4.39 Å². The molecule has 1 saturated heterocycles. The summed E-state index contributed by atoms with van der Waals surface area (Å²) >= 11 is 5.81. The summed E-state index contributed by atoms with van der Waals surface area (Å²) in [5.41, 5.74) is 6.81. The van der Waals surface area contributed by atoms with Crippen molar-refractivity contribution in [2.75, 3.05) is 13.1 Å². The number of nitrogens with two attached hydrogens (primary N) is 1. The monoisotopic (exact) mass is 313 g/mol. The predicted molar refractivity (Wildman–Crippen MR) is 81.1 cm³/mol. The van der Waals surface area contributed by atoms with Crippen LogP contribution < -0.4 is 11.0 Å². The Hall–Kier alpha value is -1.16. The zero-order valence-corrected chi connectivity index (χ0v) is 12.5. The first-order valence-corrected chi connectivity index (χ1v) is 7.24. The van der Waals surface area contributed by atoms with Crippen LogP contribution in [0.15, 0.2) is 12.1 Å². The van der Waals surface area contributed by atoms with Crippen LogP contribution in [0.2, 0.25) is 5.02 Å². The van der Waals surface area contributed by atoms with Crippen molar-refractivity contribution >= 4 is 43.0 Å². The van der Waals surface area contributed by atoms with Gasteiger partial charge in [-0.05, 0) is 18.6 Å². The van der Waals surface area contributed by atoms with Crippen molar-refractivity contribution in [2.45, 2.75) is 12.5 Å². The van der Waals surface area contributed by atoms with E-state index in [0.717, 1.165) is 6.42 Å². The largest absolute Gasteiger partial charge is 0.350 e. The minimum atomic E-state index is -0.492. The number of fused-ring (bicyclic) bond motifs is 1. The Kier molecular flexibility index (Phi) is 3.44. The quantitative estimate of drug-likeness (QED) is 0.786. The number of amides is 1. The van der Waals surface area contributed by atoms with Crippen LogP contribution in [-0.2, 0) is 0 Å². The fourth-order valence-corrected chi connectivity index (χ4v) is 3.21. The van der Waals surface area contributed by atoms with Gasteiger partial charge in [0.25, 0.3) is 5.91 Å². The zero-order valence-electron chi connectivity index (χ0n) is 10.6. The van der Waals surface area contributed by atoms with Crippen LogP contribution in [0.3, 0.4) is 0 Å². The van der Waals surface area contributed by atoms with Gasteiger partial charge in [-0.25, -0.2) is 4.39 Å². The molecule has 2 atom stereocenters. The Balaban J connectivity index is 2.01. The number of rotatable bonds is 1. The number of hydrogen-bond donors (Lipinski definition) is 2. The summed E-state index contributed by atoms with van der Waals surface area (Å²) in [4.78, 5) is 17.0. The molecule has 20 heavy (non-hydrogen) atoms. The van der Waals surface area contributed by atoms with Crippen LogP contribution in [0.1, 0.15) is 16.9 Å². The van der Waals surface area contributed by atoms with Gasteiger partial charge in [-0.15, -0.1) is 9.24 Å². The van der Waals surface area contributed by atoms with Crippen LogP contribution in [-0.4, -0.2) is 34.9 Å².